The molecule has 0 aromatic heterocycles. The molecule has 0 aliphatic carbocycles. The first kappa shape index (κ1) is 17.3. The predicted molar refractivity (Wildman–Crippen MR) is 89.8 cm³/mol. The minimum atomic E-state index is -1.07. The first-order valence-electron chi connectivity index (χ1n) is 7.31. The summed E-state index contributed by atoms with van der Waals surface area (Å²) in [5.74, 6) is -0.207. The Kier molecular flexibility index (Phi) is 5.73. The molecule has 0 saturated heterocycles. The van der Waals surface area contributed by atoms with E-state index in [-0.39, 0.29) is 12.2 Å². The molecule has 0 radical (unpaired) electrons. The van der Waals surface area contributed by atoms with Crippen LogP contribution in [-0.2, 0) is 16.1 Å². The molecule has 124 valence electrons. The Hall–Kier alpha value is -3.08. The van der Waals surface area contributed by atoms with E-state index >= 15 is 0 Å². The Morgan fingerprint density at radius 2 is 1.92 bits per heavy atom. The summed E-state index contributed by atoms with van der Waals surface area (Å²) in [4.78, 5) is 22.4. The second kappa shape index (κ2) is 7.97. The lowest BCUT2D eigenvalue weighted by molar-refractivity contribution is -0.130. The van der Waals surface area contributed by atoms with Crippen LogP contribution < -0.4 is 4.74 Å². The molecule has 2 aromatic rings. The number of carboxylic acid groups (broad SMARTS) is 1. The molecule has 0 bridgehead atoms. The van der Waals surface area contributed by atoms with E-state index in [1.165, 1.54) is 7.11 Å². The molecule has 0 heterocycles. The molecule has 2 aromatic carbocycles. The summed E-state index contributed by atoms with van der Waals surface area (Å²) in [6.45, 7) is 1.78. The SMILES string of the molecule is COC(C)=C(C(=O)O)c1ccccc1COc1cccc(C=O)c1. The highest BCUT2D eigenvalue weighted by Crippen LogP contribution is 2.25. The van der Waals surface area contributed by atoms with E-state index in [0.717, 1.165) is 6.29 Å². The molecule has 5 heteroatoms. The smallest absolute Gasteiger partial charge is 0.339 e. The summed E-state index contributed by atoms with van der Waals surface area (Å²) in [5.41, 5.74) is 1.86. The van der Waals surface area contributed by atoms with Crippen molar-refractivity contribution in [3.8, 4) is 5.75 Å². The van der Waals surface area contributed by atoms with Gasteiger partial charge in [0.2, 0.25) is 0 Å². The van der Waals surface area contributed by atoms with E-state index in [1.807, 2.05) is 6.07 Å². The number of carboxylic acids is 1. The quantitative estimate of drug-likeness (QED) is 0.478. The van der Waals surface area contributed by atoms with E-state index in [1.54, 1.807) is 49.4 Å². The van der Waals surface area contributed by atoms with E-state index < -0.39 is 5.97 Å². The average molecular weight is 326 g/mol. The van der Waals surface area contributed by atoms with Crippen molar-refractivity contribution < 1.29 is 24.2 Å². The minimum Gasteiger partial charge on any atom is -0.500 e. The zero-order valence-corrected chi connectivity index (χ0v) is 13.5. The Morgan fingerprint density at radius 1 is 1.17 bits per heavy atom. The molecule has 24 heavy (non-hydrogen) atoms. The lowest BCUT2D eigenvalue weighted by atomic mass is 9.99. The maximum absolute atomic E-state index is 11.6. The van der Waals surface area contributed by atoms with Crippen LogP contribution in [0.5, 0.6) is 5.75 Å². The molecule has 1 N–H and O–H groups in total. The van der Waals surface area contributed by atoms with Crippen LogP contribution in [0.3, 0.4) is 0 Å². The van der Waals surface area contributed by atoms with Crippen LogP contribution in [0.25, 0.3) is 5.57 Å². The van der Waals surface area contributed by atoms with Crippen LogP contribution in [0, 0.1) is 0 Å². The highest BCUT2D eigenvalue weighted by Gasteiger charge is 2.18. The number of aliphatic carboxylic acids is 1. The first-order chi connectivity index (χ1) is 11.6. The van der Waals surface area contributed by atoms with Crippen LogP contribution in [-0.4, -0.2) is 24.5 Å². The molecule has 0 aliphatic heterocycles. The third-order valence-electron chi connectivity index (χ3n) is 3.55. The number of carbonyl (C=O) groups excluding carboxylic acids is 1. The predicted octanol–water partition coefficient (Wildman–Crippen LogP) is 3.54. The number of methoxy groups -OCH3 is 1. The third kappa shape index (κ3) is 4.01. The first-order valence-corrected chi connectivity index (χ1v) is 7.31. The van der Waals surface area contributed by atoms with Crippen molar-refractivity contribution in [3.05, 3.63) is 71.0 Å². The monoisotopic (exact) mass is 326 g/mol. The fourth-order valence-corrected chi connectivity index (χ4v) is 2.29. The molecule has 0 unspecified atom stereocenters. The molecular weight excluding hydrogens is 308 g/mol. The van der Waals surface area contributed by atoms with Crippen molar-refractivity contribution in [3.63, 3.8) is 0 Å². The molecule has 0 atom stereocenters. The number of carbonyl (C=O) groups is 2. The summed E-state index contributed by atoms with van der Waals surface area (Å²) >= 11 is 0. The number of aldehydes is 1. The highest BCUT2D eigenvalue weighted by atomic mass is 16.5. The Morgan fingerprint density at radius 3 is 2.58 bits per heavy atom. The maximum atomic E-state index is 11.6. The van der Waals surface area contributed by atoms with Crippen molar-refractivity contribution in [2.75, 3.05) is 7.11 Å². The van der Waals surface area contributed by atoms with Gasteiger partial charge in [-0.15, -0.1) is 0 Å². The van der Waals surface area contributed by atoms with E-state index in [4.69, 9.17) is 9.47 Å². The summed E-state index contributed by atoms with van der Waals surface area (Å²) in [5, 5.41) is 9.49. The fourth-order valence-electron chi connectivity index (χ4n) is 2.29. The third-order valence-corrected chi connectivity index (χ3v) is 3.55. The van der Waals surface area contributed by atoms with Crippen molar-refractivity contribution in [1.29, 1.82) is 0 Å². The zero-order chi connectivity index (χ0) is 17.5. The molecule has 5 nitrogen and oxygen atoms in total. The standard InChI is InChI=1S/C19H18O5/c1-13(23-2)18(19(21)22)17-9-4-3-7-15(17)12-24-16-8-5-6-14(10-16)11-20/h3-11H,12H2,1-2H3,(H,21,22). The van der Waals surface area contributed by atoms with Crippen LogP contribution in [0.2, 0.25) is 0 Å². The van der Waals surface area contributed by atoms with Gasteiger partial charge in [0, 0.05) is 5.56 Å². The summed E-state index contributed by atoms with van der Waals surface area (Å²) in [7, 11) is 1.43. The molecule has 0 fully saturated rings. The highest BCUT2D eigenvalue weighted by molar-refractivity contribution is 6.16. The normalized spacial score (nSPS) is 11.4. The van der Waals surface area contributed by atoms with E-state index in [9.17, 15) is 14.7 Å². The largest absolute Gasteiger partial charge is 0.500 e. The molecule has 0 aliphatic rings. The fraction of sp³-hybridized carbons (Fsp3) is 0.158. The van der Waals surface area contributed by atoms with Crippen LogP contribution in [0.15, 0.2) is 54.3 Å². The molecular formula is C19H18O5. The second-order valence-corrected chi connectivity index (χ2v) is 5.08. The number of benzene rings is 2. The summed E-state index contributed by atoms with van der Waals surface area (Å²) in [6, 6.07) is 13.9. The lowest BCUT2D eigenvalue weighted by Crippen LogP contribution is -2.08. The Bertz CT molecular complexity index is 777. The molecule has 0 spiro atoms. The topological polar surface area (TPSA) is 72.8 Å². The van der Waals surface area contributed by atoms with Gasteiger partial charge in [0.1, 0.15) is 30.0 Å². The van der Waals surface area contributed by atoms with Gasteiger partial charge in [-0.25, -0.2) is 4.79 Å². The number of ether oxygens (including phenoxy) is 2. The van der Waals surface area contributed by atoms with E-state index in [0.29, 0.717) is 28.2 Å². The number of allylic oxidation sites excluding steroid dienone is 1. The average Bonchev–Trinajstić information content (AvgIpc) is 2.60. The maximum Gasteiger partial charge on any atom is 0.339 e. The van der Waals surface area contributed by atoms with Gasteiger partial charge in [-0.05, 0) is 30.2 Å². The van der Waals surface area contributed by atoms with Gasteiger partial charge in [0.05, 0.1) is 7.11 Å². The Labute approximate surface area is 140 Å². The minimum absolute atomic E-state index is 0.0957. The van der Waals surface area contributed by atoms with Gasteiger partial charge in [-0.3, -0.25) is 4.79 Å². The van der Waals surface area contributed by atoms with Crippen molar-refractivity contribution in [2.45, 2.75) is 13.5 Å². The number of rotatable bonds is 7. The van der Waals surface area contributed by atoms with Crippen LogP contribution in [0.1, 0.15) is 28.4 Å². The molecule has 0 amide bonds. The number of hydrogen-bond acceptors (Lipinski definition) is 4. The van der Waals surface area contributed by atoms with Gasteiger partial charge < -0.3 is 14.6 Å². The van der Waals surface area contributed by atoms with Gasteiger partial charge in [-0.1, -0.05) is 36.4 Å². The van der Waals surface area contributed by atoms with E-state index in [2.05, 4.69) is 0 Å². The van der Waals surface area contributed by atoms with Gasteiger partial charge >= 0.3 is 5.97 Å². The summed E-state index contributed by atoms with van der Waals surface area (Å²) < 4.78 is 10.8. The van der Waals surface area contributed by atoms with Crippen LogP contribution in [0.4, 0.5) is 0 Å². The van der Waals surface area contributed by atoms with Gasteiger partial charge in [-0.2, -0.15) is 0 Å². The molecule has 2 rings (SSSR count). The van der Waals surface area contributed by atoms with Crippen molar-refractivity contribution in [1.82, 2.24) is 0 Å². The Balaban J connectivity index is 2.32. The molecule has 0 saturated carbocycles. The van der Waals surface area contributed by atoms with Gasteiger partial charge in [0.15, 0.2) is 0 Å². The zero-order valence-electron chi connectivity index (χ0n) is 13.5. The van der Waals surface area contributed by atoms with Gasteiger partial charge in [0.25, 0.3) is 0 Å². The second-order valence-electron chi connectivity index (χ2n) is 5.08. The number of hydrogen-bond donors (Lipinski definition) is 1. The summed E-state index contributed by atoms with van der Waals surface area (Å²) in [6.07, 6.45) is 0.744. The van der Waals surface area contributed by atoms with Crippen molar-refractivity contribution in [2.24, 2.45) is 0 Å². The lowest BCUT2D eigenvalue weighted by Gasteiger charge is -2.13. The van der Waals surface area contributed by atoms with Crippen LogP contribution >= 0.6 is 0 Å². The van der Waals surface area contributed by atoms with Crippen molar-refractivity contribution >= 4 is 17.8 Å².